The van der Waals surface area contributed by atoms with Crippen LogP contribution in [-0.4, -0.2) is 41.5 Å². The Balaban J connectivity index is 1.78. The largest absolute Gasteiger partial charge is 0.381 e. The lowest BCUT2D eigenvalue weighted by Gasteiger charge is -2.58. The van der Waals surface area contributed by atoms with E-state index in [0.29, 0.717) is 17.4 Å². The van der Waals surface area contributed by atoms with Crippen molar-refractivity contribution in [3.63, 3.8) is 0 Å². The van der Waals surface area contributed by atoms with Crippen molar-refractivity contribution in [2.45, 2.75) is 39.3 Å². The fourth-order valence-electron chi connectivity index (χ4n) is 3.84. The van der Waals surface area contributed by atoms with Crippen molar-refractivity contribution < 1.29 is 4.74 Å². The highest BCUT2D eigenvalue weighted by atomic mass is 16.5. The molecule has 1 aromatic rings. The maximum Gasteiger partial charge on any atom is 0.0537 e. The first-order valence-electron chi connectivity index (χ1n) is 7.41. The van der Waals surface area contributed by atoms with Crippen LogP contribution in [0.2, 0.25) is 0 Å². The number of nitrogens with zero attached hydrogens (tertiary/aromatic N) is 3. The van der Waals surface area contributed by atoms with Crippen LogP contribution in [0.3, 0.4) is 0 Å². The van der Waals surface area contributed by atoms with E-state index in [9.17, 15) is 0 Å². The summed E-state index contributed by atoms with van der Waals surface area (Å²) in [6, 6.07) is 0.539. The van der Waals surface area contributed by atoms with Crippen LogP contribution < -0.4 is 0 Å². The molecule has 0 N–H and O–H groups in total. The summed E-state index contributed by atoms with van der Waals surface area (Å²) in [5.41, 5.74) is 1.83. The Morgan fingerprint density at radius 1 is 1.42 bits per heavy atom. The second-order valence-corrected chi connectivity index (χ2v) is 6.68. The Hall–Kier alpha value is -0.870. The number of hydrogen-bond acceptors (Lipinski definition) is 3. The van der Waals surface area contributed by atoms with E-state index in [1.165, 1.54) is 24.9 Å². The van der Waals surface area contributed by atoms with E-state index >= 15 is 0 Å². The smallest absolute Gasteiger partial charge is 0.0537 e. The van der Waals surface area contributed by atoms with Gasteiger partial charge in [-0.25, -0.2) is 0 Å². The minimum Gasteiger partial charge on any atom is -0.381 e. The quantitative estimate of drug-likeness (QED) is 0.838. The van der Waals surface area contributed by atoms with E-state index in [0.717, 1.165) is 19.8 Å². The Bertz CT molecular complexity index is 429. The summed E-state index contributed by atoms with van der Waals surface area (Å²) < 4.78 is 7.63. The van der Waals surface area contributed by atoms with E-state index in [2.05, 4.69) is 48.0 Å². The number of hydrogen-bond donors (Lipinski definition) is 0. The molecule has 0 radical (unpaired) electrons. The summed E-state index contributed by atoms with van der Waals surface area (Å²) in [5, 5.41) is 4.53. The van der Waals surface area contributed by atoms with Gasteiger partial charge in [0.2, 0.25) is 0 Å². The molecule has 0 saturated carbocycles. The first kappa shape index (κ1) is 13.1. The lowest BCUT2D eigenvalue weighted by atomic mass is 9.65. The number of aromatic nitrogens is 2. The predicted octanol–water partition coefficient (Wildman–Crippen LogP) is 2.32. The molecule has 2 fully saturated rings. The minimum atomic E-state index is 0.443. The second-order valence-electron chi connectivity index (χ2n) is 6.68. The van der Waals surface area contributed by atoms with E-state index < -0.39 is 0 Å². The third kappa shape index (κ3) is 2.32. The summed E-state index contributed by atoms with van der Waals surface area (Å²) in [5.74, 6) is 0.643. The van der Waals surface area contributed by atoms with Crippen LogP contribution in [0.1, 0.15) is 38.3 Å². The van der Waals surface area contributed by atoms with Gasteiger partial charge < -0.3 is 4.74 Å². The van der Waals surface area contributed by atoms with Gasteiger partial charge in [-0.2, -0.15) is 5.10 Å². The second kappa shape index (κ2) is 4.91. The molecule has 4 heteroatoms. The standard InChI is InChI=1S/C15H25N3O/c1-12(2)9-18-10-13(8-16-18)14-15(11-17(14)3)4-6-19-7-5-15/h8,10,12,14H,4-7,9,11H2,1-3H3. The van der Waals surface area contributed by atoms with Crippen molar-refractivity contribution in [1.29, 1.82) is 0 Å². The monoisotopic (exact) mass is 263 g/mol. The highest BCUT2D eigenvalue weighted by molar-refractivity contribution is 5.21. The van der Waals surface area contributed by atoms with Gasteiger partial charge in [0.25, 0.3) is 0 Å². The normalized spacial score (nSPS) is 26.8. The van der Waals surface area contributed by atoms with Crippen LogP contribution in [0.15, 0.2) is 12.4 Å². The van der Waals surface area contributed by atoms with Crippen LogP contribution in [0, 0.1) is 11.3 Å². The summed E-state index contributed by atoms with van der Waals surface area (Å²) >= 11 is 0. The molecular weight excluding hydrogens is 238 g/mol. The zero-order valence-corrected chi connectivity index (χ0v) is 12.3. The average molecular weight is 263 g/mol. The van der Waals surface area contributed by atoms with Gasteiger partial charge in [0.1, 0.15) is 0 Å². The molecular formula is C15H25N3O. The lowest BCUT2D eigenvalue weighted by Crippen LogP contribution is -2.58. The van der Waals surface area contributed by atoms with Crippen molar-refractivity contribution in [3.05, 3.63) is 18.0 Å². The van der Waals surface area contributed by atoms with Gasteiger partial charge in [0.15, 0.2) is 0 Å². The fourth-order valence-corrected chi connectivity index (χ4v) is 3.84. The molecule has 2 aliphatic rings. The third-order valence-corrected chi connectivity index (χ3v) is 4.59. The minimum absolute atomic E-state index is 0.443. The number of likely N-dealkylation sites (tertiary alicyclic amines) is 1. The fraction of sp³-hybridized carbons (Fsp3) is 0.800. The van der Waals surface area contributed by atoms with Gasteiger partial charge in [0.05, 0.1) is 6.20 Å². The highest BCUT2D eigenvalue weighted by Crippen LogP contribution is 2.53. The predicted molar refractivity (Wildman–Crippen MR) is 74.9 cm³/mol. The molecule has 19 heavy (non-hydrogen) atoms. The van der Waals surface area contributed by atoms with Gasteiger partial charge >= 0.3 is 0 Å². The molecule has 2 saturated heterocycles. The molecule has 3 heterocycles. The zero-order chi connectivity index (χ0) is 13.5. The lowest BCUT2D eigenvalue weighted by molar-refractivity contribution is -0.123. The van der Waals surface area contributed by atoms with Crippen molar-refractivity contribution in [2.24, 2.45) is 11.3 Å². The van der Waals surface area contributed by atoms with Crippen LogP contribution in [0.4, 0.5) is 0 Å². The van der Waals surface area contributed by atoms with Gasteiger partial charge in [0, 0.05) is 49.5 Å². The first-order chi connectivity index (χ1) is 9.11. The van der Waals surface area contributed by atoms with E-state index in [4.69, 9.17) is 4.74 Å². The van der Waals surface area contributed by atoms with E-state index in [-0.39, 0.29) is 0 Å². The van der Waals surface area contributed by atoms with Crippen LogP contribution in [0.25, 0.3) is 0 Å². The summed E-state index contributed by atoms with van der Waals surface area (Å²) in [6.07, 6.45) is 6.70. The molecule has 1 unspecified atom stereocenters. The van der Waals surface area contributed by atoms with Crippen LogP contribution >= 0.6 is 0 Å². The van der Waals surface area contributed by atoms with Crippen molar-refractivity contribution in [1.82, 2.24) is 14.7 Å². The molecule has 0 aliphatic carbocycles. The summed E-state index contributed by atoms with van der Waals surface area (Å²) in [6.45, 7) is 8.52. The van der Waals surface area contributed by atoms with Gasteiger partial charge in [-0.3, -0.25) is 9.58 Å². The molecule has 106 valence electrons. The maximum atomic E-state index is 5.54. The van der Waals surface area contributed by atoms with Crippen LogP contribution in [0.5, 0.6) is 0 Å². The van der Waals surface area contributed by atoms with Crippen molar-refractivity contribution >= 4 is 0 Å². The Morgan fingerprint density at radius 2 is 2.16 bits per heavy atom. The molecule has 0 aromatic carbocycles. The highest BCUT2D eigenvalue weighted by Gasteiger charge is 2.52. The van der Waals surface area contributed by atoms with E-state index in [1.807, 2.05) is 0 Å². The molecule has 0 bridgehead atoms. The number of rotatable bonds is 3. The molecule has 0 amide bonds. The van der Waals surface area contributed by atoms with Gasteiger partial charge in [-0.15, -0.1) is 0 Å². The average Bonchev–Trinajstić information content (AvgIpc) is 2.76. The molecule has 4 nitrogen and oxygen atoms in total. The Labute approximate surface area is 115 Å². The Morgan fingerprint density at radius 3 is 2.79 bits per heavy atom. The maximum absolute atomic E-state index is 5.54. The van der Waals surface area contributed by atoms with E-state index in [1.54, 1.807) is 0 Å². The SMILES string of the molecule is CC(C)Cn1cc(C2N(C)CC23CCOCC3)cn1. The molecule has 1 atom stereocenters. The zero-order valence-electron chi connectivity index (χ0n) is 12.3. The van der Waals surface area contributed by atoms with Crippen LogP contribution in [-0.2, 0) is 11.3 Å². The molecule has 1 aromatic heterocycles. The molecule has 3 rings (SSSR count). The number of ether oxygens (including phenoxy) is 1. The Kier molecular flexibility index (Phi) is 3.39. The molecule has 2 aliphatic heterocycles. The van der Waals surface area contributed by atoms with Crippen molar-refractivity contribution in [2.75, 3.05) is 26.8 Å². The van der Waals surface area contributed by atoms with Gasteiger partial charge in [-0.05, 0) is 25.8 Å². The van der Waals surface area contributed by atoms with Gasteiger partial charge in [-0.1, -0.05) is 13.8 Å². The first-order valence-corrected chi connectivity index (χ1v) is 7.41. The third-order valence-electron chi connectivity index (χ3n) is 4.59. The molecule has 1 spiro atoms. The summed E-state index contributed by atoms with van der Waals surface area (Å²) in [4.78, 5) is 2.46. The topological polar surface area (TPSA) is 30.3 Å². The summed E-state index contributed by atoms with van der Waals surface area (Å²) in [7, 11) is 2.23. The van der Waals surface area contributed by atoms with Crippen molar-refractivity contribution in [3.8, 4) is 0 Å².